The van der Waals surface area contributed by atoms with Crippen molar-refractivity contribution in [2.75, 3.05) is 0 Å². The van der Waals surface area contributed by atoms with Gasteiger partial charge in [-0.2, -0.15) is 5.10 Å². The van der Waals surface area contributed by atoms with E-state index in [1.165, 1.54) is 22.3 Å². The molecule has 3 aromatic rings. The number of allylic oxidation sites excluding steroid dienone is 1. The lowest BCUT2D eigenvalue weighted by molar-refractivity contribution is -0.122. The van der Waals surface area contributed by atoms with Gasteiger partial charge in [-0.25, -0.2) is 5.43 Å². The quantitative estimate of drug-likeness (QED) is 0.440. The molecule has 3 aromatic carbocycles. The second kappa shape index (κ2) is 8.50. The van der Waals surface area contributed by atoms with Gasteiger partial charge in [0, 0.05) is 11.6 Å². The summed E-state index contributed by atoms with van der Waals surface area (Å²) in [6.45, 7) is 4.16. The Labute approximate surface area is 178 Å². The summed E-state index contributed by atoms with van der Waals surface area (Å²) >= 11 is 0. The molecule has 1 atom stereocenters. The van der Waals surface area contributed by atoms with Crippen LogP contribution in [0.4, 0.5) is 0 Å². The zero-order valence-electron chi connectivity index (χ0n) is 17.4. The maximum absolute atomic E-state index is 12.9. The van der Waals surface area contributed by atoms with Gasteiger partial charge in [0.05, 0.1) is 5.92 Å². The number of rotatable bonds is 6. The molecule has 150 valence electrons. The first-order chi connectivity index (χ1) is 14.6. The van der Waals surface area contributed by atoms with Crippen molar-refractivity contribution in [2.45, 2.75) is 25.7 Å². The van der Waals surface area contributed by atoms with Crippen LogP contribution in [0.5, 0.6) is 0 Å². The Bertz CT molecular complexity index is 1020. The number of hydrazone groups is 1. The van der Waals surface area contributed by atoms with Gasteiger partial charge in [-0.15, -0.1) is 0 Å². The van der Waals surface area contributed by atoms with Crippen LogP contribution in [0.15, 0.2) is 90.0 Å². The highest BCUT2D eigenvalue weighted by molar-refractivity contribution is 5.87. The monoisotopic (exact) mass is 394 g/mol. The van der Waals surface area contributed by atoms with E-state index in [2.05, 4.69) is 72.9 Å². The summed E-state index contributed by atoms with van der Waals surface area (Å²) in [7, 11) is 0. The normalized spacial score (nSPS) is 17.3. The Morgan fingerprint density at radius 3 is 2.03 bits per heavy atom. The minimum absolute atomic E-state index is 0.0412. The fraction of sp³-hybridized carbons (Fsp3) is 0.185. The topological polar surface area (TPSA) is 41.5 Å². The number of nitrogens with zero attached hydrogens (tertiary/aromatic N) is 1. The van der Waals surface area contributed by atoms with Crippen molar-refractivity contribution in [3.05, 3.63) is 113 Å². The summed E-state index contributed by atoms with van der Waals surface area (Å²) in [6.07, 6.45) is 6.19. The Morgan fingerprint density at radius 1 is 0.900 bits per heavy atom. The summed E-state index contributed by atoms with van der Waals surface area (Å²) in [5, 5.41) is 4.12. The van der Waals surface area contributed by atoms with Gasteiger partial charge in [0.2, 0.25) is 5.91 Å². The molecule has 0 radical (unpaired) electrons. The molecule has 1 N–H and O–H groups in total. The Hall–Kier alpha value is -3.46. The van der Waals surface area contributed by atoms with E-state index in [1.807, 2.05) is 42.5 Å². The molecule has 0 bridgehead atoms. The van der Waals surface area contributed by atoms with Gasteiger partial charge in [0.25, 0.3) is 0 Å². The third kappa shape index (κ3) is 4.11. The van der Waals surface area contributed by atoms with Gasteiger partial charge in [-0.3, -0.25) is 4.79 Å². The Morgan fingerprint density at radius 2 is 1.47 bits per heavy atom. The Kier molecular flexibility index (Phi) is 5.62. The number of carbonyl (C=O) groups excluding carboxylic acids is 1. The largest absolute Gasteiger partial charge is 0.273 e. The second-order valence-electron chi connectivity index (χ2n) is 7.98. The maximum atomic E-state index is 12.9. The predicted octanol–water partition coefficient (Wildman–Crippen LogP) is 5.42. The van der Waals surface area contributed by atoms with Gasteiger partial charge in [-0.05, 0) is 43.0 Å². The number of carbonyl (C=O) groups is 1. The van der Waals surface area contributed by atoms with E-state index in [1.54, 1.807) is 6.21 Å². The fourth-order valence-electron chi connectivity index (χ4n) is 4.03. The molecule has 1 unspecified atom stereocenters. The highest BCUT2D eigenvalue weighted by atomic mass is 16.2. The summed E-state index contributed by atoms with van der Waals surface area (Å²) in [5.41, 5.74) is 8.35. The van der Waals surface area contributed by atoms with Crippen LogP contribution in [0.1, 0.15) is 34.2 Å². The average Bonchev–Trinajstić information content (AvgIpc) is 3.52. The predicted molar refractivity (Wildman–Crippen MR) is 123 cm³/mol. The molecule has 1 amide bonds. The molecule has 1 aliphatic carbocycles. The van der Waals surface area contributed by atoms with Gasteiger partial charge in [0.1, 0.15) is 0 Å². The lowest BCUT2D eigenvalue weighted by Gasteiger charge is -2.19. The van der Waals surface area contributed by atoms with Gasteiger partial charge in [-0.1, -0.05) is 96.1 Å². The summed E-state index contributed by atoms with van der Waals surface area (Å²) in [6, 6.07) is 27.0. The SMILES string of the molecule is Cc1ccc(C2(c3ccc(C)cc3)CC2C(=O)NN=CC=Cc2ccccc2)cc1. The van der Waals surface area contributed by atoms with Gasteiger partial charge >= 0.3 is 0 Å². The summed E-state index contributed by atoms with van der Waals surface area (Å²) < 4.78 is 0. The van der Waals surface area contributed by atoms with Crippen molar-refractivity contribution in [1.82, 2.24) is 5.43 Å². The molecule has 0 spiro atoms. The van der Waals surface area contributed by atoms with Gasteiger partial charge < -0.3 is 0 Å². The number of aryl methyl sites for hydroxylation is 2. The number of benzene rings is 3. The molecule has 0 aromatic heterocycles. The summed E-state index contributed by atoms with van der Waals surface area (Å²) in [5.74, 6) is -0.168. The molecule has 1 fully saturated rings. The van der Waals surface area contributed by atoms with E-state index in [4.69, 9.17) is 0 Å². The van der Waals surface area contributed by atoms with Crippen molar-refractivity contribution < 1.29 is 4.79 Å². The first kappa shape index (κ1) is 19.8. The van der Waals surface area contributed by atoms with E-state index in [9.17, 15) is 4.79 Å². The maximum Gasteiger partial charge on any atom is 0.244 e. The molecular weight excluding hydrogens is 368 g/mol. The molecule has 30 heavy (non-hydrogen) atoms. The van der Waals surface area contributed by atoms with Crippen LogP contribution in [0.3, 0.4) is 0 Å². The van der Waals surface area contributed by atoms with E-state index >= 15 is 0 Å². The number of nitrogens with one attached hydrogen (secondary N) is 1. The van der Waals surface area contributed by atoms with Crippen LogP contribution in [0.25, 0.3) is 6.08 Å². The van der Waals surface area contributed by atoms with Gasteiger partial charge in [0.15, 0.2) is 0 Å². The first-order valence-corrected chi connectivity index (χ1v) is 10.3. The number of amides is 1. The van der Waals surface area contributed by atoms with E-state index in [0.29, 0.717) is 0 Å². The minimum atomic E-state index is -0.277. The zero-order chi connectivity index (χ0) is 21.0. The summed E-state index contributed by atoms with van der Waals surface area (Å²) in [4.78, 5) is 12.9. The molecule has 4 rings (SSSR count). The van der Waals surface area contributed by atoms with Crippen molar-refractivity contribution in [2.24, 2.45) is 11.0 Å². The molecule has 0 saturated heterocycles. The molecule has 3 heteroatoms. The minimum Gasteiger partial charge on any atom is -0.273 e. The molecule has 3 nitrogen and oxygen atoms in total. The van der Waals surface area contributed by atoms with Crippen LogP contribution in [-0.2, 0) is 10.2 Å². The third-order valence-electron chi connectivity index (χ3n) is 5.83. The van der Waals surface area contributed by atoms with E-state index < -0.39 is 0 Å². The van der Waals surface area contributed by atoms with Crippen LogP contribution in [0, 0.1) is 19.8 Å². The van der Waals surface area contributed by atoms with Crippen molar-refractivity contribution in [3.8, 4) is 0 Å². The molecule has 1 saturated carbocycles. The third-order valence-corrected chi connectivity index (χ3v) is 5.83. The fourth-order valence-corrected chi connectivity index (χ4v) is 4.03. The molecule has 1 aliphatic rings. The van der Waals surface area contributed by atoms with Crippen LogP contribution in [-0.4, -0.2) is 12.1 Å². The average molecular weight is 395 g/mol. The van der Waals surface area contributed by atoms with Crippen molar-refractivity contribution >= 4 is 18.2 Å². The highest BCUT2D eigenvalue weighted by Crippen LogP contribution is 2.59. The van der Waals surface area contributed by atoms with E-state index in [0.717, 1.165) is 12.0 Å². The highest BCUT2D eigenvalue weighted by Gasteiger charge is 2.60. The van der Waals surface area contributed by atoms with Crippen LogP contribution in [0.2, 0.25) is 0 Å². The standard InChI is InChI=1S/C27H26N2O/c1-20-10-14-23(15-11-20)27(24-16-12-21(2)13-17-24)19-25(27)26(30)29-28-18-6-9-22-7-4-3-5-8-22/h3-18,25H,19H2,1-2H3,(H,29,30). The van der Waals surface area contributed by atoms with Crippen LogP contribution >= 0.6 is 0 Å². The second-order valence-corrected chi connectivity index (χ2v) is 7.98. The number of hydrogen-bond donors (Lipinski definition) is 1. The number of hydrogen-bond acceptors (Lipinski definition) is 2. The lowest BCUT2D eigenvalue weighted by Crippen LogP contribution is -2.25. The van der Waals surface area contributed by atoms with Crippen LogP contribution < -0.4 is 5.43 Å². The van der Waals surface area contributed by atoms with E-state index in [-0.39, 0.29) is 17.2 Å². The zero-order valence-corrected chi connectivity index (χ0v) is 17.4. The smallest absolute Gasteiger partial charge is 0.244 e. The molecular formula is C27H26N2O. The van der Waals surface area contributed by atoms with Crippen molar-refractivity contribution in [1.29, 1.82) is 0 Å². The lowest BCUT2D eigenvalue weighted by atomic mass is 9.85. The molecule has 0 aliphatic heterocycles. The molecule has 0 heterocycles. The van der Waals surface area contributed by atoms with Crippen molar-refractivity contribution in [3.63, 3.8) is 0 Å². The first-order valence-electron chi connectivity index (χ1n) is 10.3. The Balaban J connectivity index is 1.49.